The lowest BCUT2D eigenvalue weighted by Gasteiger charge is -2.35. The first-order chi connectivity index (χ1) is 20.4. The number of carbonyl (C=O) groups is 3. The predicted octanol–water partition coefficient (Wildman–Crippen LogP) is 2.54. The maximum absolute atomic E-state index is 13.6. The van der Waals surface area contributed by atoms with Crippen molar-refractivity contribution in [2.45, 2.75) is 6.42 Å². The number of nitrogens with one attached hydrogen (secondary N) is 2. The van der Waals surface area contributed by atoms with Crippen LogP contribution in [0.15, 0.2) is 72.1 Å². The number of fused-ring (bicyclic) bond motifs is 2. The van der Waals surface area contributed by atoms with Gasteiger partial charge in [0.1, 0.15) is 17.4 Å². The molecule has 216 valence electrons. The monoisotopic (exact) mass is 569 g/mol. The van der Waals surface area contributed by atoms with Crippen molar-refractivity contribution in [1.29, 1.82) is 0 Å². The van der Waals surface area contributed by atoms with Crippen molar-refractivity contribution in [2.75, 3.05) is 45.3 Å². The Balaban J connectivity index is 1.38. The Labute approximate surface area is 241 Å². The molecule has 0 spiro atoms. The molecule has 1 saturated heterocycles. The van der Waals surface area contributed by atoms with Crippen LogP contribution in [0.1, 0.15) is 22.3 Å². The molecular formula is C30H31N7O5. The van der Waals surface area contributed by atoms with Gasteiger partial charge in [-0.2, -0.15) is 0 Å². The summed E-state index contributed by atoms with van der Waals surface area (Å²) in [5.74, 6) is 5.44. The summed E-state index contributed by atoms with van der Waals surface area (Å²) in [6.07, 6.45) is 3.13. The van der Waals surface area contributed by atoms with Crippen LogP contribution in [0.25, 0.3) is 21.7 Å². The van der Waals surface area contributed by atoms with Gasteiger partial charge in [0.2, 0.25) is 0 Å². The number of hydrogen-bond donors (Lipinski definition) is 3. The Morgan fingerprint density at radius 1 is 1.07 bits per heavy atom. The summed E-state index contributed by atoms with van der Waals surface area (Å²) < 4.78 is 10.2. The number of methoxy groups -OCH3 is 2. The third-order valence-electron chi connectivity index (χ3n) is 7.21. The van der Waals surface area contributed by atoms with Gasteiger partial charge in [-0.15, -0.1) is 0 Å². The zero-order valence-corrected chi connectivity index (χ0v) is 23.3. The Bertz CT molecular complexity index is 1710. The van der Waals surface area contributed by atoms with E-state index in [2.05, 4.69) is 36.6 Å². The van der Waals surface area contributed by atoms with E-state index in [4.69, 9.17) is 10.6 Å². The molecule has 0 saturated carbocycles. The molecule has 0 bridgehead atoms. The lowest BCUT2D eigenvalue weighted by atomic mass is 10.0. The van der Waals surface area contributed by atoms with E-state index >= 15 is 0 Å². The number of ketones is 1. The summed E-state index contributed by atoms with van der Waals surface area (Å²) in [4.78, 5) is 54.3. The molecule has 2 aromatic carbocycles. The van der Waals surface area contributed by atoms with Gasteiger partial charge in [0.15, 0.2) is 0 Å². The normalized spacial score (nSPS) is 13.7. The number of pyridine rings is 1. The molecule has 5 rings (SSSR count). The number of nitrogens with two attached hydrogens (primary N) is 1. The fraction of sp³-hybridized carbons (Fsp3) is 0.233. The Hall–Kier alpha value is -5.23. The largest absolute Gasteiger partial charge is 0.496 e. The number of aromatic amines is 1. The van der Waals surface area contributed by atoms with Crippen LogP contribution >= 0.6 is 0 Å². The molecule has 4 aromatic rings. The number of carbonyl (C=O) groups excluding carboxylic acids is 3. The van der Waals surface area contributed by atoms with Crippen molar-refractivity contribution < 1.29 is 23.9 Å². The molecule has 1 fully saturated rings. The van der Waals surface area contributed by atoms with Crippen LogP contribution in [0.5, 0.6) is 5.75 Å². The first-order valence-corrected chi connectivity index (χ1v) is 13.3. The van der Waals surface area contributed by atoms with Crippen LogP contribution < -0.4 is 20.9 Å². The zero-order valence-electron chi connectivity index (χ0n) is 23.3. The molecule has 0 atom stereocenters. The number of amidine groups is 1. The minimum Gasteiger partial charge on any atom is -0.496 e. The Kier molecular flexibility index (Phi) is 8.16. The molecule has 12 nitrogen and oxygen atoms in total. The van der Waals surface area contributed by atoms with Crippen molar-refractivity contribution in [3.63, 3.8) is 0 Å². The number of ether oxygens (including phenoxy) is 2. The molecule has 4 N–H and O–H groups in total. The topological polar surface area (TPSA) is 155 Å². The molecule has 12 heteroatoms. The maximum atomic E-state index is 13.6. The van der Waals surface area contributed by atoms with Gasteiger partial charge in [0.05, 0.1) is 37.1 Å². The second kappa shape index (κ2) is 12.1. The summed E-state index contributed by atoms with van der Waals surface area (Å²) in [6.45, 7) is 5.61. The number of piperazine rings is 1. The molecule has 0 aliphatic carbocycles. The number of aromatic nitrogens is 2. The third-order valence-corrected chi connectivity index (χ3v) is 7.21. The number of nitrogens with zero attached hydrogens (tertiary/aromatic N) is 4. The second-order valence-electron chi connectivity index (χ2n) is 9.66. The number of esters is 1. The van der Waals surface area contributed by atoms with Crippen molar-refractivity contribution in [3.05, 3.63) is 78.3 Å². The SMILES string of the molecule is C=C(CC(=O)OC)N=C(NN)c1ccc(OC)c2c(C(=O)C(=O)N3CCN(c4nccc5ccccc45)CC3)c[nH]c12. The van der Waals surface area contributed by atoms with Gasteiger partial charge >= 0.3 is 5.97 Å². The van der Waals surface area contributed by atoms with E-state index in [1.165, 1.54) is 20.4 Å². The number of aliphatic imine (C=N–C) groups is 1. The van der Waals surface area contributed by atoms with Gasteiger partial charge in [0, 0.05) is 55.2 Å². The Morgan fingerprint density at radius 3 is 2.55 bits per heavy atom. The minimum atomic E-state index is -0.664. The van der Waals surface area contributed by atoms with Gasteiger partial charge in [0.25, 0.3) is 11.7 Å². The summed E-state index contributed by atoms with van der Waals surface area (Å²) >= 11 is 0. The highest BCUT2D eigenvalue weighted by Gasteiger charge is 2.30. The molecule has 1 amide bonds. The highest BCUT2D eigenvalue weighted by molar-refractivity contribution is 6.45. The molecule has 2 aromatic heterocycles. The van der Waals surface area contributed by atoms with Crippen molar-refractivity contribution in [3.8, 4) is 5.75 Å². The highest BCUT2D eigenvalue weighted by atomic mass is 16.5. The molecule has 1 aliphatic rings. The first-order valence-electron chi connectivity index (χ1n) is 13.3. The highest BCUT2D eigenvalue weighted by Crippen LogP contribution is 2.32. The van der Waals surface area contributed by atoms with Crippen molar-refractivity contribution in [1.82, 2.24) is 20.3 Å². The number of anilines is 1. The Morgan fingerprint density at radius 2 is 1.83 bits per heavy atom. The number of rotatable bonds is 8. The van der Waals surface area contributed by atoms with Crippen molar-refractivity contribution >= 4 is 51.0 Å². The summed E-state index contributed by atoms with van der Waals surface area (Å²) in [5.41, 5.74) is 3.86. The van der Waals surface area contributed by atoms with Crippen LogP contribution in [0, 0.1) is 0 Å². The van der Waals surface area contributed by atoms with E-state index in [-0.39, 0.29) is 23.5 Å². The first kappa shape index (κ1) is 28.3. The predicted molar refractivity (Wildman–Crippen MR) is 159 cm³/mol. The average molecular weight is 570 g/mol. The van der Waals surface area contributed by atoms with Crippen molar-refractivity contribution in [2.24, 2.45) is 10.8 Å². The number of H-pyrrole nitrogens is 1. The van der Waals surface area contributed by atoms with Crippen LogP contribution in [0.3, 0.4) is 0 Å². The molecule has 0 unspecified atom stereocenters. The molecule has 42 heavy (non-hydrogen) atoms. The third kappa shape index (κ3) is 5.39. The molecule has 1 aliphatic heterocycles. The number of hydrogen-bond acceptors (Lipinski definition) is 9. The zero-order chi connectivity index (χ0) is 29.8. The number of hydrazine groups is 1. The number of Topliss-reactive ketones (excluding diaryl/α,β-unsaturated/α-hetero) is 1. The smallest absolute Gasteiger partial charge is 0.311 e. The minimum absolute atomic E-state index is 0.131. The average Bonchev–Trinajstić information content (AvgIpc) is 3.48. The summed E-state index contributed by atoms with van der Waals surface area (Å²) in [5, 5.41) is 2.55. The van der Waals surface area contributed by atoms with Gasteiger partial charge in [-0.1, -0.05) is 30.8 Å². The van der Waals surface area contributed by atoms with Crippen LogP contribution in [0.2, 0.25) is 0 Å². The molecular weight excluding hydrogens is 538 g/mol. The van der Waals surface area contributed by atoms with Gasteiger partial charge in [-0.25, -0.2) is 15.8 Å². The van der Waals surface area contributed by atoms with Crippen LogP contribution in [-0.2, 0) is 14.3 Å². The second-order valence-corrected chi connectivity index (χ2v) is 9.66. The fourth-order valence-corrected chi connectivity index (χ4v) is 5.11. The van der Waals surface area contributed by atoms with E-state index in [9.17, 15) is 14.4 Å². The summed E-state index contributed by atoms with van der Waals surface area (Å²) in [6, 6.07) is 13.3. The van der Waals surface area contributed by atoms with Crippen LogP contribution in [-0.4, -0.2) is 78.8 Å². The number of amides is 1. The summed E-state index contributed by atoms with van der Waals surface area (Å²) in [7, 11) is 2.75. The molecule has 0 radical (unpaired) electrons. The number of benzene rings is 2. The lowest BCUT2D eigenvalue weighted by molar-refractivity contribution is -0.139. The van der Waals surface area contributed by atoms with Gasteiger partial charge < -0.3 is 29.7 Å². The van der Waals surface area contributed by atoms with E-state index in [0.29, 0.717) is 48.4 Å². The van der Waals surface area contributed by atoms with Crippen LogP contribution in [0.4, 0.5) is 5.82 Å². The van der Waals surface area contributed by atoms with E-state index < -0.39 is 17.7 Å². The quantitative estimate of drug-likeness (QED) is 0.0552. The van der Waals surface area contributed by atoms with E-state index in [1.54, 1.807) is 23.2 Å². The maximum Gasteiger partial charge on any atom is 0.311 e. The van der Waals surface area contributed by atoms with E-state index in [0.717, 1.165) is 16.6 Å². The van der Waals surface area contributed by atoms with Gasteiger partial charge in [-0.05, 0) is 23.6 Å². The fourth-order valence-electron chi connectivity index (χ4n) is 5.11. The molecule has 3 heterocycles. The van der Waals surface area contributed by atoms with Gasteiger partial charge in [-0.3, -0.25) is 14.4 Å². The van der Waals surface area contributed by atoms with E-state index in [1.807, 2.05) is 30.3 Å². The standard InChI is InChI=1S/C30H31N7O5/c1-18(16-24(38)42-3)34-28(35-31)21-8-9-23(41-2)25-22(17-33-26(21)25)27(39)30(40)37-14-12-36(13-15-37)29-20-7-5-4-6-19(20)10-11-32-29/h4-11,17,33H,1,12-16,31H2,2-3H3,(H,34,35). The lowest BCUT2D eigenvalue weighted by Crippen LogP contribution is -2.50.